The third-order valence-electron chi connectivity index (χ3n) is 4.47. The molecule has 0 radical (unpaired) electrons. The van der Waals surface area contributed by atoms with E-state index < -0.39 is 0 Å². The summed E-state index contributed by atoms with van der Waals surface area (Å²) in [7, 11) is 0. The van der Waals surface area contributed by atoms with Gasteiger partial charge in [0.05, 0.1) is 13.2 Å². The highest BCUT2D eigenvalue weighted by Crippen LogP contribution is 2.21. The first-order valence-corrected chi connectivity index (χ1v) is 8.87. The van der Waals surface area contributed by atoms with Crippen LogP contribution < -0.4 is 4.74 Å². The topological polar surface area (TPSA) is 21.7 Å². The molecule has 0 atom stereocenters. The predicted octanol–water partition coefficient (Wildman–Crippen LogP) is 3.84. The van der Waals surface area contributed by atoms with Crippen LogP contribution >= 0.6 is 0 Å². The van der Waals surface area contributed by atoms with E-state index in [1.807, 2.05) is 0 Å². The molecule has 1 aliphatic heterocycles. The van der Waals surface area contributed by atoms with Gasteiger partial charge in [0.1, 0.15) is 12.4 Å². The van der Waals surface area contributed by atoms with Gasteiger partial charge in [-0.1, -0.05) is 48.0 Å². The van der Waals surface area contributed by atoms with Crippen LogP contribution in [0, 0.1) is 6.92 Å². The molecular formula is C21H27NO2. The minimum absolute atomic E-state index is 0.627. The van der Waals surface area contributed by atoms with Gasteiger partial charge >= 0.3 is 0 Å². The van der Waals surface area contributed by atoms with Crippen LogP contribution in [0.15, 0.2) is 48.5 Å². The van der Waals surface area contributed by atoms with Crippen LogP contribution in [-0.2, 0) is 17.8 Å². The van der Waals surface area contributed by atoms with Crippen LogP contribution in [0.2, 0.25) is 0 Å². The van der Waals surface area contributed by atoms with Gasteiger partial charge in [0, 0.05) is 13.1 Å². The van der Waals surface area contributed by atoms with E-state index in [1.54, 1.807) is 0 Å². The number of hydrogen-bond donors (Lipinski definition) is 0. The number of para-hydroxylation sites is 1. The Hall–Kier alpha value is -1.84. The fourth-order valence-electron chi connectivity index (χ4n) is 3.13. The lowest BCUT2D eigenvalue weighted by Gasteiger charge is -2.26. The highest BCUT2D eigenvalue weighted by Gasteiger charge is 2.10. The normalized spacial score (nSPS) is 15.4. The summed E-state index contributed by atoms with van der Waals surface area (Å²) in [5.74, 6) is 1.01. The molecule has 1 fully saturated rings. The van der Waals surface area contributed by atoms with Crippen molar-refractivity contribution in [3.8, 4) is 5.75 Å². The second-order valence-electron chi connectivity index (χ2n) is 6.44. The number of hydrogen-bond acceptors (Lipinski definition) is 3. The minimum Gasteiger partial charge on any atom is -0.489 e. The zero-order chi connectivity index (χ0) is 16.6. The maximum Gasteiger partial charge on any atom is 0.122 e. The quantitative estimate of drug-likeness (QED) is 0.772. The van der Waals surface area contributed by atoms with E-state index in [-0.39, 0.29) is 0 Å². The Bertz CT molecular complexity index is 635. The minimum atomic E-state index is 0.627. The van der Waals surface area contributed by atoms with Gasteiger partial charge in [-0.3, -0.25) is 4.90 Å². The second-order valence-corrected chi connectivity index (χ2v) is 6.44. The molecule has 0 bridgehead atoms. The molecule has 3 rings (SSSR count). The fourth-order valence-corrected chi connectivity index (χ4v) is 3.13. The number of nitrogens with zero attached hydrogens (tertiary/aromatic N) is 1. The summed E-state index contributed by atoms with van der Waals surface area (Å²) in [4.78, 5) is 2.49. The zero-order valence-electron chi connectivity index (χ0n) is 14.5. The molecule has 24 heavy (non-hydrogen) atoms. The summed E-state index contributed by atoms with van der Waals surface area (Å²) < 4.78 is 11.5. The summed E-state index contributed by atoms with van der Waals surface area (Å²) in [5.41, 5.74) is 3.80. The molecule has 0 aromatic heterocycles. The van der Waals surface area contributed by atoms with Gasteiger partial charge in [-0.15, -0.1) is 0 Å². The van der Waals surface area contributed by atoms with Crippen LogP contribution in [0.25, 0.3) is 0 Å². The molecule has 128 valence electrons. The summed E-state index contributed by atoms with van der Waals surface area (Å²) in [6.45, 7) is 7.74. The van der Waals surface area contributed by atoms with Crippen molar-refractivity contribution in [1.29, 1.82) is 0 Å². The molecule has 0 unspecified atom stereocenters. The van der Waals surface area contributed by atoms with Gasteiger partial charge in [-0.2, -0.15) is 0 Å². The van der Waals surface area contributed by atoms with Crippen molar-refractivity contribution in [1.82, 2.24) is 4.90 Å². The monoisotopic (exact) mass is 325 g/mol. The predicted molar refractivity (Wildman–Crippen MR) is 97.5 cm³/mol. The number of morpholine rings is 1. The lowest BCUT2D eigenvalue weighted by atomic mass is 10.1. The largest absolute Gasteiger partial charge is 0.489 e. The smallest absolute Gasteiger partial charge is 0.122 e. The number of benzene rings is 2. The zero-order valence-corrected chi connectivity index (χ0v) is 14.5. The fraction of sp³-hybridized carbons (Fsp3) is 0.429. The molecule has 1 heterocycles. The Morgan fingerprint density at radius 3 is 2.71 bits per heavy atom. The number of rotatable bonds is 7. The molecule has 0 N–H and O–H groups in total. The maximum absolute atomic E-state index is 6.09. The first kappa shape index (κ1) is 17.0. The Kier molecular flexibility index (Phi) is 6.27. The standard InChI is InChI=1S/C21H27NO2/c1-18-6-4-7-19(16-18)17-24-21-10-3-2-8-20(21)9-5-11-22-12-14-23-15-13-22/h2-4,6-8,10,16H,5,9,11-15,17H2,1H3. The molecule has 1 saturated heterocycles. The Morgan fingerprint density at radius 1 is 1.04 bits per heavy atom. The van der Waals surface area contributed by atoms with E-state index in [0.717, 1.165) is 51.4 Å². The number of ether oxygens (including phenoxy) is 2. The molecule has 2 aromatic carbocycles. The highest BCUT2D eigenvalue weighted by molar-refractivity contribution is 5.34. The molecule has 3 heteroatoms. The van der Waals surface area contributed by atoms with Gasteiger partial charge < -0.3 is 9.47 Å². The Morgan fingerprint density at radius 2 is 1.88 bits per heavy atom. The van der Waals surface area contributed by atoms with Gasteiger partial charge in [0.25, 0.3) is 0 Å². The molecule has 3 nitrogen and oxygen atoms in total. The van der Waals surface area contributed by atoms with Crippen molar-refractivity contribution in [2.45, 2.75) is 26.4 Å². The van der Waals surface area contributed by atoms with E-state index in [1.165, 1.54) is 16.7 Å². The summed E-state index contributed by atoms with van der Waals surface area (Å²) >= 11 is 0. The molecule has 2 aromatic rings. The Balaban J connectivity index is 1.52. The van der Waals surface area contributed by atoms with Crippen molar-refractivity contribution >= 4 is 0 Å². The lowest BCUT2D eigenvalue weighted by molar-refractivity contribution is 0.0374. The van der Waals surface area contributed by atoms with Crippen LogP contribution in [0.5, 0.6) is 5.75 Å². The summed E-state index contributed by atoms with van der Waals surface area (Å²) in [6, 6.07) is 16.9. The van der Waals surface area contributed by atoms with Crippen LogP contribution in [-0.4, -0.2) is 37.7 Å². The van der Waals surface area contributed by atoms with Crippen LogP contribution in [0.1, 0.15) is 23.1 Å². The molecule has 0 amide bonds. The van der Waals surface area contributed by atoms with Crippen molar-refractivity contribution in [2.24, 2.45) is 0 Å². The van der Waals surface area contributed by atoms with Crippen molar-refractivity contribution in [3.63, 3.8) is 0 Å². The van der Waals surface area contributed by atoms with Crippen molar-refractivity contribution in [3.05, 3.63) is 65.2 Å². The van der Waals surface area contributed by atoms with Gasteiger partial charge in [0.2, 0.25) is 0 Å². The first-order chi connectivity index (χ1) is 11.8. The van der Waals surface area contributed by atoms with E-state index in [2.05, 4.69) is 60.4 Å². The van der Waals surface area contributed by atoms with Crippen molar-refractivity contribution < 1.29 is 9.47 Å². The summed E-state index contributed by atoms with van der Waals surface area (Å²) in [6.07, 6.45) is 2.21. The Labute approximate surface area is 145 Å². The average molecular weight is 325 g/mol. The van der Waals surface area contributed by atoms with Gasteiger partial charge in [-0.05, 0) is 43.5 Å². The highest BCUT2D eigenvalue weighted by atomic mass is 16.5. The van der Waals surface area contributed by atoms with Gasteiger partial charge in [0.15, 0.2) is 0 Å². The molecule has 0 aliphatic carbocycles. The van der Waals surface area contributed by atoms with Crippen molar-refractivity contribution in [2.75, 3.05) is 32.8 Å². The summed E-state index contributed by atoms with van der Waals surface area (Å²) in [5, 5.41) is 0. The number of aryl methyl sites for hydroxylation is 2. The maximum atomic E-state index is 6.09. The van der Waals surface area contributed by atoms with E-state index in [9.17, 15) is 0 Å². The van der Waals surface area contributed by atoms with E-state index in [0.29, 0.717) is 6.61 Å². The van der Waals surface area contributed by atoms with E-state index in [4.69, 9.17) is 9.47 Å². The van der Waals surface area contributed by atoms with E-state index >= 15 is 0 Å². The average Bonchev–Trinajstić information content (AvgIpc) is 2.62. The molecular weight excluding hydrogens is 298 g/mol. The van der Waals surface area contributed by atoms with Crippen LogP contribution in [0.4, 0.5) is 0 Å². The lowest BCUT2D eigenvalue weighted by Crippen LogP contribution is -2.36. The SMILES string of the molecule is Cc1cccc(COc2ccccc2CCCN2CCOCC2)c1. The first-order valence-electron chi connectivity index (χ1n) is 8.87. The molecule has 0 spiro atoms. The third kappa shape index (κ3) is 5.08. The van der Waals surface area contributed by atoms with Crippen LogP contribution in [0.3, 0.4) is 0 Å². The van der Waals surface area contributed by atoms with Gasteiger partial charge in [-0.25, -0.2) is 0 Å². The molecule has 1 aliphatic rings. The molecule has 0 saturated carbocycles. The third-order valence-corrected chi connectivity index (χ3v) is 4.47. The second kappa shape index (κ2) is 8.86.